The van der Waals surface area contributed by atoms with Gasteiger partial charge >= 0.3 is 0 Å². The monoisotopic (exact) mass is 403 g/mol. The second-order valence-electron chi connectivity index (χ2n) is 7.93. The second-order valence-corrected chi connectivity index (χ2v) is 9.45. The van der Waals surface area contributed by atoms with Crippen molar-refractivity contribution in [1.82, 2.24) is 4.98 Å². The molecule has 1 aliphatic rings. The molecule has 4 nitrogen and oxygen atoms in total. The van der Waals surface area contributed by atoms with Crippen molar-refractivity contribution in [3.63, 3.8) is 0 Å². The smallest absolute Gasteiger partial charge is 0.162 e. The SMILES string of the molecule is CCc1sc(-c2ccc(Cl)cc2)nc1C1C(=O)C(C)(C)C(=O)C(C)(C)C1=O. The molecule has 1 saturated carbocycles. The number of hydrogen-bond donors (Lipinski definition) is 0. The molecule has 0 spiro atoms. The highest BCUT2D eigenvalue weighted by molar-refractivity contribution is 7.15. The van der Waals surface area contributed by atoms with Gasteiger partial charge in [-0.3, -0.25) is 14.4 Å². The van der Waals surface area contributed by atoms with Gasteiger partial charge in [0, 0.05) is 15.5 Å². The summed E-state index contributed by atoms with van der Waals surface area (Å²) in [6, 6.07) is 7.30. The Balaban J connectivity index is 2.14. The van der Waals surface area contributed by atoms with E-state index < -0.39 is 16.7 Å². The first kappa shape index (κ1) is 19.9. The first-order valence-corrected chi connectivity index (χ1v) is 10.1. The number of carbonyl (C=O) groups is 3. The van der Waals surface area contributed by atoms with Gasteiger partial charge in [-0.1, -0.05) is 30.7 Å². The maximum Gasteiger partial charge on any atom is 0.162 e. The van der Waals surface area contributed by atoms with Crippen LogP contribution < -0.4 is 0 Å². The van der Waals surface area contributed by atoms with Gasteiger partial charge in [0.1, 0.15) is 10.9 Å². The number of carbonyl (C=O) groups excluding carboxylic acids is 3. The first-order valence-electron chi connectivity index (χ1n) is 8.90. The third-order valence-electron chi connectivity index (χ3n) is 5.30. The zero-order valence-electron chi connectivity index (χ0n) is 16.1. The quantitative estimate of drug-likeness (QED) is 0.685. The van der Waals surface area contributed by atoms with E-state index in [1.54, 1.807) is 39.8 Å². The zero-order chi connectivity index (χ0) is 20.1. The molecule has 1 aliphatic carbocycles. The molecule has 142 valence electrons. The van der Waals surface area contributed by atoms with Crippen molar-refractivity contribution in [3.8, 4) is 10.6 Å². The first-order chi connectivity index (χ1) is 12.5. The molecular weight excluding hydrogens is 382 g/mol. The highest BCUT2D eigenvalue weighted by atomic mass is 35.5. The van der Waals surface area contributed by atoms with Crippen LogP contribution in [0.2, 0.25) is 5.02 Å². The average molecular weight is 404 g/mol. The molecule has 27 heavy (non-hydrogen) atoms. The van der Waals surface area contributed by atoms with Crippen LogP contribution in [-0.2, 0) is 20.8 Å². The van der Waals surface area contributed by atoms with Crippen LogP contribution in [0.15, 0.2) is 24.3 Å². The summed E-state index contributed by atoms with van der Waals surface area (Å²) in [6.07, 6.45) is 0.659. The molecular formula is C21H22ClNO3S. The maximum atomic E-state index is 13.1. The number of ketones is 3. The van der Waals surface area contributed by atoms with Gasteiger partial charge in [0.25, 0.3) is 0 Å². The average Bonchev–Trinajstić information content (AvgIpc) is 3.04. The summed E-state index contributed by atoms with van der Waals surface area (Å²) in [5.41, 5.74) is -1.04. The number of aryl methyl sites for hydroxylation is 1. The lowest BCUT2D eigenvalue weighted by Gasteiger charge is -2.40. The molecule has 0 N–H and O–H groups in total. The predicted octanol–water partition coefficient (Wildman–Crippen LogP) is 4.88. The largest absolute Gasteiger partial charge is 0.298 e. The van der Waals surface area contributed by atoms with Crippen molar-refractivity contribution < 1.29 is 14.4 Å². The molecule has 1 aromatic carbocycles. The molecule has 0 aliphatic heterocycles. The van der Waals surface area contributed by atoms with Crippen molar-refractivity contribution in [2.45, 2.75) is 47.0 Å². The van der Waals surface area contributed by atoms with Crippen molar-refractivity contribution in [2.24, 2.45) is 10.8 Å². The van der Waals surface area contributed by atoms with E-state index in [0.717, 1.165) is 15.4 Å². The zero-order valence-corrected chi connectivity index (χ0v) is 17.6. The van der Waals surface area contributed by atoms with Crippen LogP contribution in [-0.4, -0.2) is 22.3 Å². The molecule has 0 amide bonds. The van der Waals surface area contributed by atoms with E-state index >= 15 is 0 Å². The van der Waals surface area contributed by atoms with Crippen molar-refractivity contribution in [1.29, 1.82) is 0 Å². The molecule has 0 bridgehead atoms. The van der Waals surface area contributed by atoms with Gasteiger partial charge in [-0.2, -0.15) is 0 Å². The lowest BCUT2D eigenvalue weighted by molar-refractivity contribution is -0.157. The number of rotatable bonds is 3. The van der Waals surface area contributed by atoms with Gasteiger partial charge in [-0.15, -0.1) is 11.3 Å². The Bertz CT molecular complexity index is 911. The molecule has 1 aromatic heterocycles. The van der Waals surface area contributed by atoms with Crippen LogP contribution >= 0.6 is 22.9 Å². The van der Waals surface area contributed by atoms with Gasteiger partial charge in [-0.25, -0.2) is 4.98 Å². The Morgan fingerprint density at radius 3 is 2.00 bits per heavy atom. The van der Waals surface area contributed by atoms with E-state index in [-0.39, 0.29) is 17.3 Å². The number of benzene rings is 1. The topological polar surface area (TPSA) is 64.1 Å². The molecule has 6 heteroatoms. The summed E-state index contributed by atoms with van der Waals surface area (Å²) in [7, 11) is 0. The predicted molar refractivity (Wildman–Crippen MR) is 107 cm³/mol. The Labute approximate surface area is 168 Å². The normalized spacial score (nSPS) is 19.6. The molecule has 0 radical (unpaired) electrons. The van der Waals surface area contributed by atoms with Crippen LogP contribution in [0, 0.1) is 10.8 Å². The van der Waals surface area contributed by atoms with Crippen molar-refractivity contribution in [2.75, 3.05) is 0 Å². The maximum absolute atomic E-state index is 13.1. The van der Waals surface area contributed by atoms with Gasteiger partial charge in [-0.05, 0) is 46.2 Å². The van der Waals surface area contributed by atoms with E-state index in [9.17, 15) is 14.4 Å². The molecule has 1 fully saturated rings. The van der Waals surface area contributed by atoms with Crippen LogP contribution in [0.3, 0.4) is 0 Å². The third kappa shape index (κ3) is 3.07. The van der Waals surface area contributed by atoms with Crippen LogP contribution in [0.25, 0.3) is 10.6 Å². The van der Waals surface area contributed by atoms with E-state index in [2.05, 4.69) is 4.98 Å². The molecule has 0 saturated heterocycles. The van der Waals surface area contributed by atoms with E-state index in [1.165, 1.54) is 11.3 Å². The van der Waals surface area contributed by atoms with E-state index in [1.807, 2.05) is 19.1 Å². The summed E-state index contributed by atoms with van der Waals surface area (Å²) in [5.74, 6) is -2.05. The standard InChI is InChI=1S/C21H22ClNO3S/c1-6-13-15(23-18(27-13)11-7-9-12(22)10-8-11)14-16(24)20(2,3)19(26)21(4,5)17(14)25/h7-10,14H,6H2,1-5H3. The fraction of sp³-hybridized carbons (Fsp3) is 0.429. The van der Waals surface area contributed by atoms with Crippen molar-refractivity contribution >= 4 is 40.3 Å². The highest BCUT2D eigenvalue weighted by Crippen LogP contribution is 2.46. The minimum absolute atomic E-state index is 0.326. The number of Topliss-reactive ketones (excluding diaryl/α,β-unsaturated/α-hetero) is 3. The molecule has 1 heterocycles. The van der Waals surface area contributed by atoms with E-state index in [4.69, 9.17) is 11.6 Å². The third-order valence-corrected chi connectivity index (χ3v) is 6.82. The summed E-state index contributed by atoms with van der Waals surface area (Å²) in [5, 5.41) is 1.37. The Kier molecular flexibility index (Phi) is 4.89. The number of thiazole rings is 1. The second kappa shape index (κ2) is 6.64. The van der Waals surface area contributed by atoms with Gasteiger partial charge in [0.15, 0.2) is 17.3 Å². The fourth-order valence-electron chi connectivity index (χ4n) is 3.65. The molecule has 0 unspecified atom stereocenters. The van der Waals surface area contributed by atoms with Crippen LogP contribution in [0.4, 0.5) is 0 Å². The summed E-state index contributed by atoms with van der Waals surface area (Å²) >= 11 is 7.43. The Morgan fingerprint density at radius 2 is 1.52 bits per heavy atom. The van der Waals surface area contributed by atoms with Crippen molar-refractivity contribution in [3.05, 3.63) is 39.9 Å². The van der Waals surface area contributed by atoms with Gasteiger partial charge in [0.05, 0.1) is 16.5 Å². The van der Waals surface area contributed by atoms with Gasteiger partial charge in [0.2, 0.25) is 0 Å². The van der Waals surface area contributed by atoms with Crippen LogP contribution in [0.1, 0.15) is 51.1 Å². The number of aromatic nitrogens is 1. The van der Waals surface area contributed by atoms with Crippen LogP contribution in [0.5, 0.6) is 0 Å². The minimum Gasteiger partial charge on any atom is -0.298 e. The molecule has 2 aromatic rings. The molecule has 0 atom stereocenters. The summed E-state index contributed by atoms with van der Waals surface area (Å²) in [6.45, 7) is 8.41. The number of halogens is 1. The Morgan fingerprint density at radius 1 is 1.00 bits per heavy atom. The highest BCUT2D eigenvalue weighted by Gasteiger charge is 2.59. The number of nitrogens with zero attached hydrogens (tertiary/aromatic N) is 1. The Hall–Kier alpha value is -1.85. The lowest BCUT2D eigenvalue weighted by Crippen LogP contribution is -2.56. The summed E-state index contributed by atoms with van der Waals surface area (Å²) < 4.78 is 0. The summed E-state index contributed by atoms with van der Waals surface area (Å²) in [4.78, 5) is 44.5. The lowest BCUT2D eigenvalue weighted by atomic mass is 9.58. The van der Waals surface area contributed by atoms with E-state index in [0.29, 0.717) is 17.1 Å². The fourth-order valence-corrected chi connectivity index (χ4v) is 4.82. The van der Waals surface area contributed by atoms with Gasteiger partial charge < -0.3 is 0 Å². The molecule has 3 rings (SSSR count). The minimum atomic E-state index is -1.21. The number of hydrogen-bond acceptors (Lipinski definition) is 5.